The summed E-state index contributed by atoms with van der Waals surface area (Å²) in [6.45, 7) is 0.859. The number of aryl methyl sites for hydroxylation is 1. The summed E-state index contributed by atoms with van der Waals surface area (Å²) in [6.07, 6.45) is 12.3. The summed E-state index contributed by atoms with van der Waals surface area (Å²) >= 11 is 2.37. The van der Waals surface area contributed by atoms with Crippen molar-refractivity contribution in [2.75, 3.05) is 11.9 Å². The minimum atomic E-state index is 0.115. The van der Waals surface area contributed by atoms with Gasteiger partial charge in [-0.15, -0.1) is 0 Å². The molecule has 23 heavy (non-hydrogen) atoms. The average Bonchev–Trinajstić information content (AvgIpc) is 2.84. The molecular weight excluding hydrogens is 403 g/mol. The molecule has 2 aromatic heterocycles. The Hall–Kier alpha value is -0.890. The van der Waals surface area contributed by atoms with E-state index in [2.05, 4.69) is 48.6 Å². The number of rotatable bonds is 2. The normalized spacial score (nSPS) is 24.2. The molecule has 6 heteroatoms. The van der Waals surface area contributed by atoms with E-state index in [-0.39, 0.29) is 5.60 Å². The average molecular weight is 426 g/mol. The molecule has 1 saturated heterocycles. The van der Waals surface area contributed by atoms with Crippen LogP contribution in [0, 0.1) is 3.57 Å². The third kappa shape index (κ3) is 2.95. The van der Waals surface area contributed by atoms with Crippen LogP contribution >= 0.6 is 22.6 Å². The maximum Gasteiger partial charge on any atom is 0.146 e. The van der Waals surface area contributed by atoms with E-state index in [1.807, 2.05) is 7.05 Å². The van der Waals surface area contributed by atoms with Gasteiger partial charge in [0.1, 0.15) is 17.8 Å². The number of hydrogen-bond donors (Lipinski definition) is 1. The minimum absolute atomic E-state index is 0.115. The van der Waals surface area contributed by atoms with Gasteiger partial charge < -0.3 is 14.6 Å². The number of nitrogens with one attached hydrogen (secondary N) is 1. The van der Waals surface area contributed by atoms with Crippen LogP contribution in [0.4, 0.5) is 5.82 Å². The lowest BCUT2D eigenvalue weighted by Gasteiger charge is -2.43. The molecular formula is C17H23IN4O. The highest BCUT2D eigenvalue weighted by Gasteiger charge is 2.38. The van der Waals surface area contributed by atoms with Crippen molar-refractivity contribution in [1.82, 2.24) is 14.5 Å². The maximum atomic E-state index is 6.21. The van der Waals surface area contributed by atoms with E-state index in [9.17, 15) is 0 Å². The van der Waals surface area contributed by atoms with Gasteiger partial charge in [0.25, 0.3) is 0 Å². The highest BCUT2D eigenvalue weighted by molar-refractivity contribution is 14.1. The standard InChI is InChI=1S/C17H23IN4O/c1-22-10-13(18)14-15(19-11-20-16(14)22)21-12-5-8-23-17(9-12)6-3-2-4-7-17/h10-12H,2-9H2,1H3,(H,19,20,21). The van der Waals surface area contributed by atoms with E-state index in [1.165, 1.54) is 35.7 Å². The molecule has 2 fully saturated rings. The Bertz CT molecular complexity index is 702. The second kappa shape index (κ2) is 6.20. The second-order valence-electron chi connectivity index (χ2n) is 6.94. The number of hydrogen-bond acceptors (Lipinski definition) is 4. The second-order valence-corrected chi connectivity index (χ2v) is 8.10. The van der Waals surface area contributed by atoms with E-state index >= 15 is 0 Å². The molecule has 1 saturated carbocycles. The van der Waals surface area contributed by atoms with Crippen LogP contribution in [-0.4, -0.2) is 32.8 Å². The summed E-state index contributed by atoms with van der Waals surface area (Å²) in [5.74, 6) is 0.970. The van der Waals surface area contributed by atoms with E-state index in [4.69, 9.17) is 4.74 Å². The molecule has 5 nitrogen and oxygen atoms in total. The highest BCUT2D eigenvalue weighted by atomic mass is 127. The molecule has 1 aliphatic carbocycles. The molecule has 1 N–H and O–H groups in total. The van der Waals surface area contributed by atoms with Crippen LogP contribution in [-0.2, 0) is 11.8 Å². The third-order valence-electron chi connectivity index (χ3n) is 5.31. The van der Waals surface area contributed by atoms with Crippen LogP contribution < -0.4 is 5.32 Å². The van der Waals surface area contributed by atoms with E-state index in [0.717, 1.165) is 36.3 Å². The predicted molar refractivity (Wildman–Crippen MR) is 99.6 cm³/mol. The van der Waals surface area contributed by atoms with Gasteiger partial charge in [0, 0.05) is 29.5 Å². The number of aromatic nitrogens is 3. The number of halogens is 1. The van der Waals surface area contributed by atoms with E-state index in [0.29, 0.717) is 6.04 Å². The van der Waals surface area contributed by atoms with Crippen molar-refractivity contribution < 1.29 is 4.74 Å². The summed E-state index contributed by atoms with van der Waals surface area (Å²) < 4.78 is 9.47. The molecule has 1 unspecified atom stereocenters. The first-order valence-corrected chi connectivity index (χ1v) is 9.61. The summed E-state index contributed by atoms with van der Waals surface area (Å²) in [5.41, 5.74) is 1.11. The molecule has 1 aliphatic heterocycles. The van der Waals surface area contributed by atoms with Gasteiger partial charge >= 0.3 is 0 Å². The first-order valence-electron chi connectivity index (χ1n) is 8.53. The number of fused-ring (bicyclic) bond motifs is 1. The Kier molecular flexibility index (Phi) is 4.21. The lowest BCUT2D eigenvalue weighted by atomic mass is 9.78. The molecule has 3 heterocycles. The van der Waals surface area contributed by atoms with Crippen LogP contribution in [0.2, 0.25) is 0 Å². The van der Waals surface area contributed by atoms with Gasteiger partial charge in [0.15, 0.2) is 0 Å². The summed E-state index contributed by atoms with van der Waals surface area (Å²) in [5, 5.41) is 4.84. The molecule has 1 spiro atoms. The predicted octanol–water partition coefficient (Wildman–Crippen LogP) is 3.87. The van der Waals surface area contributed by atoms with Gasteiger partial charge in [-0.2, -0.15) is 0 Å². The number of nitrogens with zero attached hydrogens (tertiary/aromatic N) is 3. The van der Waals surface area contributed by atoms with Gasteiger partial charge in [-0.25, -0.2) is 9.97 Å². The van der Waals surface area contributed by atoms with Crippen LogP contribution in [0.1, 0.15) is 44.9 Å². The van der Waals surface area contributed by atoms with Gasteiger partial charge in [-0.05, 0) is 48.3 Å². The summed E-state index contributed by atoms with van der Waals surface area (Å²) in [6, 6.07) is 0.441. The first-order chi connectivity index (χ1) is 11.2. The lowest BCUT2D eigenvalue weighted by Crippen LogP contribution is -2.45. The van der Waals surface area contributed by atoms with Crippen LogP contribution in [0.15, 0.2) is 12.5 Å². The van der Waals surface area contributed by atoms with Crippen molar-refractivity contribution in [3.05, 3.63) is 16.1 Å². The Balaban J connectivity index is 1.58. The van der Waals surface area contributed by atoms with Crippen molar-refractivity contribution in [2.45, 2.75) is 56.6 Å². The molecule has 2 aromatic rings. The first kappa shape index (κ1) is 15.6. The fourth-order valence-electron chi connectivity index (χ4n) is 4.16. The smallest absolute Gasteiger partial charge is 0.146 e. The molecule has 0 amide bonds. The van der Waals surface area contributed by atoms with Crippen LogP contribution in [0.5, 0.6) is 0 Å². The quantitative estimate of drug-likeness (QED) is 0.741. The Labute approximate surface area is 150 Å². The molecule has 0 bridgehead atoms. The highest BCUT2D eigenvalue weighted by Crippen LogP contribution is 2.39. The summed E-state index contributed by atoms with van der Waals surface area (Å²) in [4.78, 5) is 8.95. The Morgan fingerprint density at radius 1 is 1.30 bits per heavy atom. The zero-order chi connectivity index (χ0) is 15.9. The van der Waals surface area contributed by atoms with Crippen LogP contribution in [0.25, 0.3) is 11.0 Å². The van der Waals surface area contributed by atoms with E-state index in [1.54, 1.807) is 6.33 Å². The largest absolute Gasteiger partial charge is 0.375 e. The molecule has 0 aromatic carbocycles. The van der Waals surface area contributed by atoms with Gasteiger partial charge in [0.05, 0.1) is 11.0 Å². The number of anilines is 1. The number of ether oxygens (including phenoxy) is 1. The van der Waals surface area contributed by atoms with Crippen molar-refractivity contribution in [1.29, 1.82) is 0 Å². The van der Waals surface area contributed by atoms with Gasteiger partial charge in [-0.1, -0.05) is 19.3 Å². The zero-order valence-electron chi connectivity index (χ0n) is 13.5. The molecule has 2 aliphatic rings. The zero-order valence-corrected chi connectivity index (χ0v) is 15.7. The van der Waals surface area contributed by atoms with Crippen molar-refractivity contribution in [3.63, 3.8) is 0 Å². The topological polar surface area (TPSA) is 52.0 Å². The van der Waals surface area contributed by atoms with Crippen molar-refractivity contribution in [2.24, 2.45) is 7.05 Å². The Morgan fingerprint density at radius 3 is 2.96 bits per heavy atom. The monoisotopic (exact) mass is 426 g/mol. The third-order valence-corrected chi connectivity index (χ3v) is 6.12. The molecule has 124 valence electrons. The van der Waals surface area contributed by atoms with Crippen LogP contribution in [0.3, 0.4) is 0 Å². The van der Waals surface area contributed by atoms with Gasteiger partial charge in [0.2, 0.25) is 0 Å². The Morgan fingerprint density at radius 2 is 2.13 bits per heavy atom. The fourth-order valence-corrected chi connectivity index (χ4v) is 5.07. The van der Waals surface area contributed by atoms with Crippen molar-refractivity contribution in [3.8, 4) is 0 Å². The molecule has 1 atom stereocenters. The molecule has 4 rings (SSSR count). The SMILES string of the molecule is Cn1cc(I)c2c(NC3CCOC4(CCCCC4)C3)ncnc21. The minimum Gasteiger partial charge on any atom is -0.375 e. The lowest BCUT2D eigenvalue weighted by molar-refractivity contribution is -0.103. The van der Waals surface area contributed by atoms with Crippen molar-refractivity contribution >= 4 is 39.4 Å². The molecule has 0 radical (unpaired) electrons. The fraction of sp³-hybridized carbons (Fsp3) is 0.647. The summed E-state index contributed by atoms with van der Waals surface area (Å²) in [7, 11) is 2.03. The maximum absolute atomic E-state index is 6.21. The van der Waals surface area contributed by atoms with Gasteiger partial charge in [-0.3, -0.25) is 0 Å². The van der Waals surface area contributed by atoms with E-state index < -0.39 is 0 Å².